The van der Waals surface area contributed by atoms with Crippen LogP contribution in [0.3, 0.4) is 0 Å². The lowest BCUT2D eigenvalue weighted by atomic mass is 9.96. The van der Waals surface area contributed by atoms with Gasteiger partial charge < -0.3 is 15.0 Å². The van der Waals surface area contributed by atoms with Gasteiger partial charge in [-0.2, -0.15) is 0 Å². The lowest BCUT2D eigenvalue weighted by Gasteiger charge is -2.23. The first-order valence-electron chi connectivity index (χ1n) is 8.13. The van der Waals surface area contributed by atoms with Gasteiger partial charge in [0.15, 0.2) is 6.67 Å². The largest absolute Gasteiger partial charge is 0.496 e. The Morgan fingerprint density at radius 3 is 2.75 bits per heavy atom. The van der Waals surface area contributed by atoms with Gasteiger partial charge in [0, 0.05) is 10.6 Å². The van der Waals surface area contributed by atoms with Crippen molar-refractivity contribution in [2.45, 2.75) is 31.8 Å². The zero-order chi connectivity index (χ0) is 17.5. The molecular weight excluding hydrogens is 330 g/mol. The summed E-state index contributed by atoms with van der Waals surface area (Å²) in [6.07, 6.45) is 2.00. The van der Waals surface area contributed by atoms with Crippen LogP contribution < -0.4 is 15.0 Å². The standard InChI is InChI=1S/C17H22ClN3O3/c1-17(12-4-5-12)15(22)21(16(23)19-17)10-20(2)9-11-8-13(18)6-7-14(11)24-3/h6-8,12H,4-5,9-10H2,1-3H3,(H,19,23)/p+1/t17-/m1/s1. The normalized spacial score (nSPS) is 24.9. The zero-order valence-electron chi connectivity index (χ0n) is 14.2. The van der Waals surface area contributed by atoms with E-state index in [0.29, 0.717) is 18.2 Å². The Bertz CT molecular complexity index is 677. The average molecular weight is 353 g/mol. The molecule has 6 nitrogen and oxygen atoms in total. The van der Waals surface area contributed by atoms with Gasteiger partial charge in [-0.25, -0.2) is 9.69 Å². The minimum Gasteiger partial charge on any atom is -0.496 e. The number of amides is 3. The monoisotopic (exact) mass is 352 g/mol. The van der Waals surface area contributed by atoms with Gasteiger partial charge in [0.1, 0.15) is 17.8 Å². The lowest BCUT2D eigenvalue weighted by molar-refractivity contribution is -0.901. The van der Waals surface area contributed by atoms with Gasteiger partial charge >= 0.3 is 6.03 Å². The van der Waals surface area contributed by atoms with Crippen LogP contribution in [-0.2, 0) is 11.3 Å². The number of ether oxygens (including phenoxy) is 1. The van der Waals surface area contributed by atoms with Crippen molar-refractivity contribution in [2.75, 3.05) is 20.8 Å². The van der Waals surface area contributed by atoms with Crippen LogP contribution in [0.15, 0.2) is 18.2 Å². The molecule has 24 heavy (non-hydrogen) atoms. The van der Waals surface area contributed by atoms with E-state index in [-0.39, 0.29) is 17.9 Å². The highest BCUT2D eigenvalue weighted by atomic mass is 35.5. The fourth-order valence-electron chi connectivity index (χ4n) is 3.33. The molecule has 1 aromatic carbocycles. The van der Waals surface area contributed by atoms with Crippen LogP contribution in [0.4, 0.5) is 4.79 Å². The highest BCUT2D eigenvalue weighted by Crippen LogP contribution is 2.42. The second kappa shape index (κ2) is 6.26. The number of hydrogen-bond donors (Lipinski definition) is 2. The Balaban J connectivity index is 1.69. The number of imide groups is 1. The van der Waals surface area contributed by atoms with Crippen molar-refractivity contribution in [3.63, 3.8) is 0 Å². The summed E-state index contributed by atoms with van der Waals surface area (Å²) in [6, 6.07) is 5.15. The summed E-state index contributed by atoms with van der Waals surface area (Å²) >= 11 is 6.06. The van der Waals surface area contributed by atoms with Crippen molar-refractivity contribution in [3.8, 4) is 5.75 Å². The van der Waals surface area contributed by atoms with Gasteiger partial charge in [0.05, 0.1) is 14.2 Å². The number of hydrogen-bond acceptors (Lipinski definition) is 3. The van der Waals surface area contributed by atoms with E-state index in [4.69, 9.17) is 16.3 Å². The van der Waals surface area contributed by atoms with Gasteiger partial charge in [0.25, 0.3) is 5.91 Å². The van der Waals surface area contributed by atoms with E-state index in [2.05, 4.69) is 5.32 Å². The molecule has 1 aliphatic carbocycles. The second-order valence-corrected chi connectivity index (χ2v) is 7.32. The molecular formula is C17H23ClN3O3+. The average Bonchev–Trinajstić information content (AvgIpc) is 3.34. The number of carbonyl (C=O) groups excluding carboxylic acids is 2. The van der Waals surface area contributed by atoms with Crippen LogP contribution in [-0.4, -0.2) is 43.2 Å². The number of methoxy groups -OCH3 is 1. The first-order valence-corrected chi connectivity index (χ1v) is 8.50. The van der Waals surface area contributed by atoms with Crippen molar-refractivity contribution in [3.05, 3.63) is 28.8 Å². The Kier molecular flexibility index (Phi) is 4.44. The van der Waals surface area contributed by atoms with Crippen molar-refractivity contribution >= 4 is 23.5 Å². The van der Waals surface area contributed by atoms with E-state index < -0.39 is 5.54 Å². The molecule has 0 spiro atoms. The number of benzene rings is 1. The van der Waals surface area contributed by atoms with Crippen LogP contribution in [0.1, 0.15) is 25.3 Å². The highest BCUT2D eigenvalue weighted by molar-refractivity contribution is 6.30. The fourth-order valence-corrected chi connectivity index (χ4v) is 3.53. The van der Waals surface area contributed by atoms with E-state index >= 15 is 0 Å². The molecule has 1 aliphatic heterocycles. The van der Waals surface area contributed by atoms with Crippen molar-refractivity contribution < 1.29 is 19.2 Å². The van der Waals surface area contributed by atoms with Gasteiger partial charge in [-0.3, -0.25) is 4.79 Å². The molecule has 3 amide bonds. The van der Waals surface area contributed by atoms with E-state index in [9.17, 15) is 9.59 Å². The van der Waals surface area contributed by atoms with Crippen molar-refractivity contribution in [1.82, 2.24) is 10.2 Å². The van der Waals surface area contributed by atoms with Gasteiger partial charge in [-0.1, -0.05) is 11.6 Å². The van der Waals surface area contributed by atoms with Crippen molar-refractivity contribution in [1.29, 1.82) is 0 Å². The summed E-state index contributed by atoms with van der Waals surface area (Å²) in [7, 11) is 3.55. The molecule has 0 aromatic heterocycles. The number of urea groups is 1. The summed E-state index contributed by atoms with van der Waals surface area (Å²) < 4.78 is 5.35. The number of nitrogens with zero attached hydrogens (tertiary/aromatic N) is 1. The quantitative estimate of drug-likeness (QED) is 0.752. The van der Waals surface area contributed by atoms with Crippen molar-refractivity contribution in [2.24, 2.45) is 5.92 Å². The molecule has 2 atom stereocenters. The number of halogens is 1. The Morgan fingerprint density at radius 1 is 1.42 bits per heavy atom. The van der Waals surface area contributed by atoms with E-state index in [1.54, 1.807) is 13.2 Å². The molecule has 1 aromatic rings. The number of nitrogens with one attached hydrogen (secondary N) is 2. The Morgan fingerprint density at radius 2 is 2.12 bits per heavy atom. The van der Waals surface area contributed by atoms with E-state index in [1.807, 2.05) is 26.1 Å². The summed E-state index contributed by atoms with van der Waals surface area (Å²) in [6.45, 7) is 2.74. The number of quaternary nitrogens is 1. The molecule has 0 bridgehead atoms. The fraction of sp³-hybridized carbons (Fsp3) is 0.529. The molecule has 1 heterocycles. The molecule has 2 fully saturated rings. The van der Waals surface area contributed by atoms with Crippen LogP contribution in [0.25, 0.3) is 0 Å². The second-order valence-electron chi connectivity index (χ2n) is 6.89. The highest BCUT2D eigenvalue weighted by Gasteiger charge is 2.56. The molecule has 2 aliphatic rings. The van der Waals surface area contributed by atoms with Crippen LogP contribution in [0.2, 0.25) is 5.02 Å². The molecule has 1 unspecified atom stereocenters. The molecule has 3 rings (SSSR count). The smallest absolute Gasteiger partial charge is 0.329 e. The summed E-state index contributed by atoms with van der Waals surface area (Å²) in [5, 5.41) is 3.51. The third-order valence-electron chi connectivity index (χ3n) is 4.86. The molecule has 1 saturated carbocycles. The first-order chi connectivity index (χ1) is 11.3. The maximum Gasteiger partial charge on any atom is 0.329 e. The van der Waals surface area contributed by atoms with Gasteiger partial charge in [-0.05, 0) is 43.9 Å². The van der Waals surface area contributed by atoms with Crippen LogP contribution >= 0.6 is 11.6 Å². The number of carbonyl (C=O) groups is 2. The minimum atomic E-state index is -0.731. The SMILES string of the molecule is COc1ccc(Cl)cc1C[NH+](C)CN1C(=O)N[C@](C)(C2CC2)C1=O. The van der Waals surface area contributed by atoms with Crippen LogP contribution in [0, 0.1) is 5.92 Å². The molecule has 0 radical (unpaired) electrons. The summed E-state index contributed by atoms with van der Waals surface area (Å²) in [5.41, 5.74) is 0.213. The van der Waals surface area contributed by atoms with Gasteiger partial charge in [0.2, 0.25) is 0 Å². The number of rotatable bonds is 6. The predicted molar refractivity (Wildman–Crippen MR) is 90.0 cm³/mol. The third-order valence-corrected chi connectivity index (χ3v) is 5.09. The molecule has 130 valence electrons. The lowest BCUT2D eigenvalue weighted by Crippen LogP contribution is -3.09. The summed E-state index contributed by atoms with van der Waals surface area (Å²) in [4.78, 5) is 27.2. The third kappa shape index (κ3) is 3.08. The Labute approximate surface area is 146 Å². The maximum atomic E-state index is 12.7. The Hall–Kier alpha value is -1.79. The predicted octanol–water partition coefficient (Wildman–Crippen LogP) is 1.04. The van der Waals surface area contributed by atoms with E-state index in [1.165, 1.54) is 4.90 Å². The molecule has 7 heteroatoms. The summed E-state index contributed by atoms with van der Waals surface area (Å²) in [5.74, 6) is 0.901. The van der Waals surface area contributed by atoms with Gasteiger partial charge in [-0.15, -0.1) is 0 Å². The first kappa shape index (κ1) is 17.0. The minimum absolute atomic E-state index is 0.118. The zero-order valence-corrected chi connectivity index (χ0v) is 14.9. The van der Waals surface area contributed by atoms with E-state index in [0.717, 1.165) is 29.1 Å². The maximum absolute atomic E-state index is 12.7. The molecule has 2 N–H and O–H groups in total. The molecule has 1 saturated heterocycles. The topological polar surface area (TPSA) is 63.1 Å². The van der Waals surface area contributed by atoms with Crippen LogP contribution in [0.5, 0.6) is 5.75 Å².